The molecule has 1 aromatic heterocycles. The third-order valence-corrected chi connectivity index (χ3v) is 8.82. The van der Waals surface area contributed by atoms with Crippen LogP contribution in [0.5, 0.6) is 5.75 Å². The van der Waals surface area contributed by atoms with Crippen molar-refractivity contribution >= 4 is 37.5 Å². The molecule has 0 spiro atoms. The Morgan fingerprint density at radius 3 is 2.55 bits per heavy atom. The number of sulfonamides is 1. The number of benzene rings is 2. The van der Waals surface area contributed by atoms with Crippen molar-refractivity contribution in [3.05, 3.63) is 65.5 Å². The summed E-state index contributed by atoms with van der Waals surface area (Å²) in [5, 5.41) is 0. The van der Waals surface area contributed by atoms with Gasteiger partial charge in [0.25, 0.3) is 5.91 Å². The number of piperidine rings is 1. The van der Waals surface area contributed by atoms with Gasteiger partial charge in [0, 0.05) is 25.6 Å². The number of thiazole rings is 1. The Morgan fingerprint density at radius 1 is 1.21 bits per heavy atom. The van der Waals surface area contributed by atoms with Gasteiger partial charge in [-0.1, -0.05) is 35.1 Å². The van der Waals surface area contributed by atoms with Gasteiger partial charge in [0.2, 0.25) is 10.0 Å². The van der Waals surface area contributed by atoms with Crippen LogP contribution in [-0.2, 0) is 21.4 Å². The summed E-state index contributed by atoms with van der Waals surface area (Å²) >= 11 is 1.43. The van der Waals surface area contributed by atoms with Gasteiger partial charge in [-0.2, -0.15) is 9.30 Å². The minimum atomic E-state index is -3.56. The van der Waals surface area contributed by atoms with Gasteiger partial charge in [-0.15, -0.1) is 6.58 Å². The lowest BCUT2D eigenvalue weighted by Gasteiger charge is -2.29. The van der Waals surface area contributed by atoms with E-state index in [2.05, 4.69) is 11.6 Å². The van der Waals surface area contributed by atoms with Crippen LogP contribution in [0, 0.1) is 12.8 Å². The number of hydrogen-bond donors (Lipinski definition) is 0. The number of amides is 1. The molecule has 1 fully saturated rings. The van der Waals surface area contributed by atoms with E-state index >= 15 is 0 Å². The molecule has 0 atom stereocenters. The molecule has 1 saturated heterocycles. The second-order valence-corrected chi connectivity index (χ2v) is 11.0. The summed E-state index contributed by atoms with van der Waals surface area (Å²) in [5.41, 5.74) is 1.97. The molecule has 4 rings (SSSR count). The molecule has 0 N–H and O–H groups in total. The number of methoxy groups -OCH3 is 1. The first-order valence-corrected chi connectivity index (χ1v) is 13.0. The van der Waals surface area contributed by atoms with Gasteiger partial charge in [0.1, 0.15) is 5.75 Å². The monoisotopic (exact) mass is 485 g/mol. The topological polar surface area (TPSA) is 81.0 Å². The van der Waals surface area contributed by atoms with Crippen LogP contribution in [0.25, 0.3) is 10.2 Å². The molecule has 2 heterocycles. The van der Waals surface area contributed by atoms with E-state index in [0.29, 0.717) is 37.3 Å². The van der Waals surface area contributed by atoms with Gasteiger partial charge in [0.05, 0.1) is 22.2 Å². The zero-order valence-corrected chi connectivity index (χ0v) is 20.4. The molecule has 0 aliphatic carbocycles. The number of aryl methyl sites for hydroxylation is 1. The average molecular weight is 486 g/mol. The van der Waals surface area contributed by atoms with Crippen molar-refractivity contribution in [2.75, 3.05) is 20.2 Å². The Morgan fingerprint density at radius 2 is 1.91 bits per heavy atom. The second-order valence-electron chi connectivity index (χ2n) is 8.06. The molecule has 0 unspecified atom stereocenters. The highest BCUT2D eigenvalue weighted by Gasteiger charge is 2.32. The Kier molecular flexibility index (Phi) is 6.83. The number of hydrogen-bond acceptors (Lipinski definition) is 5. The molecule has 0 saturated carbocycles. The van der Waals surface area contributed by atoms with Crippen LogP contribution in [0.1, 0.15) is 18.4 Å². The van der Waals surface area contributed by atoms with Gasteiger partial charge >= 0.3 is 0 Å². The van der Waals surface area contributed by atoms with Crippen LogP contribution in [0.15, 0.2) is 65.0 Å². The van der Waals surface area contributed by atoms with E-state index in [1.54, 1.807) is 37.5 Å². The highest BCUT2D eigenvalue weighted by molar-refractivity contribution is 7.89. The maximum Gasteiger partial charge on any atom is 0.251 e. The number of nitrogens with zero attached hydrogens (tertiary/aromatic N) is 3. The van der Waals surface area contributed by atoms with Gasteiger partial charge in [-0.05, 0) is 50.1 Å². The van der Waals surface area contributed by atoms with Gasteiger partial charge in [-0.3, -0.25) is 4.79 Å². The SMILES string of the molecule is C=CCn1c(=NC(=O)C2CCN(S(=O)(=O)c3ccc(C)cc3)CC2)sc2cc(OC)ccc21. The molecule has 1 aliphatic heterocycles. The predicted octanol–water partition coefficient (Wildman–Crippen LogP) is 3.73. The van der Waals surface area contributed by atoms with Gasteiger partial charge in [-0.25, -0.2) is 8.42 Å². The van der Waals surface area contributed by atoms with Crippen molar-refractivity contribution in [2.45, 2.75) is 31.2 Å². The van der Waals surface area contributed by atoms with E-state index in [1.807, 2.05) is 29.7 Å². The minimum Gasteiger partial charge on any atom is -0.497 e. The van der Waals surface area contributed by atoms with Crippen LogP contribution in [0.3, 0.4) is 0 Å². The number of carbonyl (C=O) groups is 1. The van der Waals surface area contributed by atoms with E-state index < -0.39 is 10.0 Å². The van der Waals surface area contributed by atoms with Crippen molar-refractivity contribution in [2.24, 2.45) is 10.9 Å². The van der Waals surface area contributed by atoms with Crippen molar-refractivity contribution in [3.63, 3.8) is 0 Å². The van der Waals surface area contributed by atoms with E-state index in [0.717, 1.165) is 21.5 Å². The fourth-order valence-corrected chi connectivity index (χ4v) is 6.50. The normalized spacial score (nSPS) is 16.2. The van der Waals surface area contributed by atoms with Crippen molar-refractivity contribution < 1.29 is 17.9 Å². The van der Waals surface area contributed by atoms with Crippen LogP contribution < -0.4 is 9.54 Å². The Balaban J connectivity index is 1.53. The standard InChI is InChI=1S/C24H27N3O4S2/c1-4-13-27-21-10-7-19(31-3)16-22(21)32-24(27)25-23(28)18-11-14-26(15-12-18)33(29,30)20-8-5-17(2)6-9-20/h4-10,16,18H,1,11-15H2,2-3H3. The van der Waals surface area contributed by atoms with Crippen LogP contribution in [-0.4, -0.2) is 43.4 Å². The van der Waals surface area contributed by atoms with E-state index in [-0.39, 0.29) is 16.7 Å². The van der Waals surface area contributed by atoms with Gasteiger partial charge < -0.3 is 9.30 Å². The van der Waals surface area contributed by atoms with Crippen LogP contribution in [0.2, 0.25) is 0 Å². The third kappa shape index (κ3) is 4.80. The molecule has 3 aromatic rings. The zero-order chi connectivity index (χ0) is 23.6. The molecule has 0 radical (unpaired) electrons. The zero-order valence-electron chi connectivity index (χ0n) is 18.7. The van der Waals surface area contributed by atoms with Crippen LogP contribution >= 0.6 is 11.3 Å². The molecule has 174 valence electrons. The Bertz CT molecular complexity index is 1350. The van der Waals surface area contributed by atoms with Crippen molar-refractivity contribution in [1.82, 2.24) is 8.87 Å². The molecule has 33 heavy (non-hydrogen) atoms. The highest BCUT2D eigenvalue weighted by Crippen LogP contribution is 2.26. The van der Waals surface area contributed by atoms with E-state index in [4.69, 9.17) is 4.74 Å². The summed E-state index contributed by atoms with van der Waals surface area (Å²) in [6.07, 6.45) is 2.68. The fourth-order valence-electron chi connectivity index (χ4n) is 3.96. The smallest absolute Gasteiger partial charge is 0.251 e. The molecular weight excluding hydrogens is 458 g/mol. The van der Waals surface area contributed by atoms with Gasteiger partial charge in [0.15, 0.2) is 4.80 Å². The first-order valence-electron chi connectivity index (χ1n) is 10.8. The van der Waals surface area contributed by atoms with Crippen molar-refractivity contribution in [3.8, 4) is 5.75 Å². The summed E-state index contributed by atoms with van der Waals surface area (Å²) in [6, 6.07) is 12.6. The number of allylic oxidation sites excluding steroid dienone is 1. The fraction of sp³-hybridized carbons (Fsp3) is 0.333. The molecular formula is C24H27N3O4S2. The number of rotatable bonds is 6. The number of fused-ring (bicyclic) bond motifs is 1. The summed E-state index contributed by atoms with van der Waals surface area (Å²) in [6.45, 7) is 6.88. The highest BCUT2D eigenvalue weighted by atomic mass is 32.2. The molecule has 2 aromatic carbocycles. The lowest BCUT2D eigenvalue weighted by atomic mass is 9.98. The predicted molar refractivity (Wildman–Crippen MR) is 130 cm³/mol. The number of aromatic nitrogens is 1. The number of carbonyl (C=O) groups excluding carboxylic acids is 1. The summed E-state index contributed by atoms with van der Waals surface area (Å²) in [7, 11) is -1.94. The molecule has 0 bridgehead atoms. The molecule has 7 nitrogen and oxygen atoms in total. The maximum atomic E-state index is 13.0. The van der Waals surface area contributed by atoms with Crippen molar-refractivity contribution in [1.29, 1.82) is 0 Å². The minimum absolute atomic E-state index is 0.210. The third-order valence-electron chi connectivity index (χ3n) is 5.87. The number of ether oxygens (including phenoxy) is 1. The Labute approximate surface area is 197 Å². The Hall–Kier alpha value is -2.75. The molecule has 9 heteroatoms. The molecule has 1 aliphatic rings. The molecule has 1 amide bonds. The largest absolute Gasteiger partial charge is 0.497 e. The lowest BCUT2D eigenvalue weighted by Crippen LogP contribution is -2.40. The van der Waals surface area contributed by atoms with Crippen LogP contribution in [0.4, 0.5) is 0 Å². The second kappa shape index (κ2) is 9.62. The first kappa shape index (κ1) is 23.4. The summed E-state index contributed by atoms with van der Waals surface area (Å²) in [4.78, 5) is 18.3. The lowest BCUT2D eigenvalue weighted by molar-refractivity contribution is -0.122. The van der Waals surface area contributed by atoms with E-state index in [1.165, 1.54) is 15.6 Å². The van der Waals surface area contributed by atoms with E-state index in [9.17, 15) is 13.2 Å². The quantitative estimate of drug-likeness (QED) is 0.498. The maximum absolute atomic E-state index is 13.0. The average Bonchev–Trinajstić information content (AvgIpc) is 3.15. The summed E-state index contributed by atoms with van der Waals surface area (Å²) in [5.74, 6) is 0.236. The first-order chi connectivity index (χ1) is 15.8. The summed E-state index contributed by atoms with van der Waals surface area (Å²) < 4.78 is 35.6.